The summed E-state index contributed by atoms with van der Waals surface area (Å²) in [5, 5.41) is 4.54. The first-order valence-electron chi connectivity index (χ1n) is 7.51. The molecule has 4 N–H and O–H groups in total. The number of rotatable bonds is 4. The summed E-state index contributed by atoms with van der Waals surface area (Å²) in [6, 6.07) is 3.20. The highest BCUT2D eigenvalue weighted by atomic mass is 32.1. The largest absolute Gasteiger partial charge is 0.466 e. The summed E-state index contributed by atoms with van der Waals surface area (Å²) >= 11 is 2.36. The van der Waals surface area contributed by atoms with E-state index in [9.17, 15) is 14.4 Å². The van der Waals surface area contributed by atoms with E-state index >= 15 is 0 Å². The molecule has 146 valence electrons. The number of ketones is 2. The fourth-order valence-electron chi connectivity index (χ4n) is 2.23. The molecule has 2 heterocycles. The van der Waals surface area contributed by atoms with Gasteiger partial charge in [-0.25, -0.2) is 4.57 Å². The molecule has 0 saturated carbocycles. The number of nitrogens with zero attached hydrogens (tertiary/aromatic N) is 1. The Hall–Kier alpha value is -1.72. The second-order valence-electron chi connectivity index (χ2n) is 5.75. The number of nitrogens with one attached hydrogen (secondary N) is 1. The van der Waals surface area contributed by atoms with Crippen LogP contribution in [0.5, 0.6) is 0 Å². The van der Waals surface area contributed by atoms with Gasteiger partial charge in [-0.15, -0.1) is 22.7 Å². The Morgan fingerprint density at radius 1 is 1.15 bits per heavy atom. The second kappa shape index (κ2) is 8.53. The van der Waals surface area contributed by atoms with Crippen molar-refractivity contribution in [1.82, 2.24) is 10.2 Å². The first-order chi connectivity index (χ1) is 12.5. The maximum atomic E-state index is 12.4. The predicted octanol–water partition coefficient (Wildman–Crippen LogP) is 0.948. The van der Waals surface area contributed by atoms with Gasteiger partial charge in [0.25, 0.3) is 5.91 Å². The van der Waals surface area contributed by atoms with Crippen molar-refractivity contribution in [2.24, 2.45) is 0 Å². The van der Waals surface area contributed by atoms with E-state index < -0.39 is 7.82 Å². The van der Waals surface area contributed by atoms with Crippen LogP contribution in [0.3, 0.4) is 0 Å². The van der Waals surface area contributed by atoms with Crippen LogP contribution in [0.4, 0.5) is 0 Å². The normalized spacial score (nSPS) is 13.0. The first kappa shape index (κ1) is 21.6. The van der Waals surface area contributed by atoms with Crippen LogP contribution in [-0.4, -0.2) is 64.2 Å². The number of phosphoric acid groups is 1. The molecule has 1 amide bonds. The molecule has 1 aliphatic carbocycles. The smallest absolute Gasteiger partial charge is 0.350 e. The summed E-state index contributed by atoms with van der Waals surface area (Å²) in [7, 11) is -0.794. The van der Waals surface area contributed by atoms with E-state index in [-0.39, 0.29) is 17.5 Å². The van der Waals surface area contributed by atoms with E-state index in [1.165, 1.54) is 17.4 Å². The Morgan fingerprint density at radius 2 is 1.78 bits per heavy atom. The highest BCUT2D eigenvalue weighted by Crippen LogP contribution is 2.35. The lowest BCUT2D eigenvalue weighted by Crippen LogP contribution is -2.30. The molecule has 0 aliphatic heterocycles. The van der Waals surface area contributed by atoms with Crippen LogP contribution in [0, 0.1) is 0 Å². The molecule has 27 heavy (non-hydrogen) atoms. The number of hydrogen-bond donors (Lipinski definition) is 4. The third-order valence-corrected chi connectivity index (χ3v) is 5.41. The van der Waals surface area contributed by atoms with E-state index in [4.69, 9.17) is 19.2 Å². The van der Waals surface area contributed by atoms with Gasteiger partial charge in [0.2, 0.25) is 5.78 Å². The van der Waals surface area contributed by atoms with Crippen molar-refractivity contribution in [3.63, 3.8) is 0 Å². The van der Waals surface area contributed by atoms with Crippen LogP contribution in [0.15, 0.2) is 17.5 Å². The minimum Gasteiger partial charge on any atom is -0.350 e. The number of carbonyl (C=O) groups is 3. The predicted molar refractivity (Wildman–Crippen MR) is 101 cm³/mol. The van der Waals surface area contributed by atoms with Gasteiger partial charge in [0.1, 0.15) is 0 Å². The lowest BCUT2D eigenvalue weighted by atomic mass is 9.95. The standard InChI is InChI=1S/C15H14N2O3S2.H3O4P/c1-17(2)5-4-16-15(20)10-7-9-11(18)8-3-6-21-13(8)12(19)14(9)22-10;1-5(2,3)4/h3,6-7H,4-5H2,1-2H3,(H,16,20);(H3,1,2,3,4). The third-order valence-electron chi connectivity index (χ3n) is 3.37. The molecule has 0 radical (unpaired) electrons. The number of hydrogen-bond acceptors (Lipinski definition) is 7. The molecule has 2 aromatic heterocycles. The quantitative estimate of drug-likeness (QED) is 0.446. The molecule has 2 aromatic rings. The van der Waals surface area contributed by atoms with Crippen molar-refractivity contribution in [3.8, 4) is 0 Å². The number of carbonyl (C=O) groups excluding carboxylic acids is 3. The summed E-state index contributed by atoms with van der Waals surface area (Å²) in [6.45, 7) is 1.25. The van der Waals surface area contributed by atoms with Crippen LogP contribution >= 0.6 is 30.5 Å². The highest BCUT2D eigenvalue weighted by Gasteiger charge is 2.33. The summed E-state index contributed by atoms with van der Waals surface area (Å²) in [5.41, 5.74) is 0.790. The minimum absolute atomic E-state index is 0.156. The van der Waals surface area contributed by atoms with Crippen LogP contribution < -0.4 is 5.32 Å². The molecule has 3 rings (SSSR count). The number of amides is 1. The number of thiophene rings is 2. The lowest BCUT2D eigenvalue weighted by molar-refractivity contribution is 0.0954. The van der Waals surface area contributed by atoms with Gasteiger partial charge in [0, 0.05) is 24.2 Å². The van der Waals surface area contributed by atoms with E-state index in [1.54, 1.807) is 11.4 Å². The van der Waals surface area contributed by atoms with Gasteiger partial charge in [-0.1, -0.05) is 0 Å². The molecule has 1 aliphatic rings. The van der Waals surface area contributed by atoms with Crippen LogP contribution in [0.2, 0.25) is 0 Å². The second-order valence-corrected chi connectivity index (χ2v) is 8.74. The number of likely N-dealkylation sites (N-methyl/N-ethyl adjacent to an activating group) is 1. The molecule has 9 nitrogen and oxygen atoms in total. The summed E-state index contributed by atoms with van der Waals surface area (Å²) < 4.78 is 8.88. The van der Waals surface area contributed by atoms with Gasteiger partial charge in [-0.2, -0.15) is 0 Å². The van der Waals surface area contributed by atoms with Crippen molar-refractivity contribution in [2.45, 2.75) is 0 Å². The molecular formula is C15H17N2O7PS2. The van der Waals surface area contributed by atoms with Gasteiger partial charge in [0.15, 0.2) is 5.78 Å². The fraction of sp³-hybridized carbons (Fsp3) is 0.267. The van der Waals surface area contributed by atoms with Crippen LogP contribution in [0.25, 0.3) is 0 Å². The summed E-state index contributed by atoms with van der Waals surface area (Å²) in [6.07, 6.45) is 0. The maximum Gasteiger partial charge on any atom is 0.466 e. The van der Waals surface area contributed by atoms with Gasteiger partial charge in [-0.05, 0) is 31.6 Å². The van der Waals surface area contributed by atoms with Gasteiger partial charge in [0.05, 0.1) is 14.6 Å². The van der Waals surface area contributed by atoms with E-state index in [2.05, 4.69) is 5.32 Å². The molecule has 0 bridgehead atoms. The zero-order valence-corrected chi connectivity index (χ0v) is 16.9. The molecule has 0 atom stereocenters. The van der Waals surface area contributed by atoms with Crippen LogP contribution in [-0.2, 0) is 4.57 Å². The lowest BCUT2D eigenvalue weighted by Gasteiger charge is -2.09. The van der Waals surface area contributed by atoms with Crippen LogP contribution in [0.1, 0.15) is 40.1 Å². The molecular weight excluding hydrogens is 415 g/mol. The Morgan fingerprint density at radius 3 is 2.37 bits per heavy atom. The van der Waals surface area contributed by atoms with Crippen molar-refractivity contribution < 1.29 is 33.6 Å². The molecule has 0 fully saturated rings. The Labute approximate surface area is 162 Å². The van der Waals surface area contributed by atoms with Gasteiger partial charge < -0.3 is 24.9 Å². The van der Waals surface area contributed by atoms with Crippen molar-refractivity contribution in [3.05, 3.63) is 43.3 Å². The van der Waals surface area contributed by atoms with Crippen molar-refractivity contribution >= 4 is 48.0 Å². The number of fused-ring (bicyclic) bond motifs is 2. The monoisotopic (exact) mass is 432 g/mol. The third kappa shape index (κ3) is 5.63. The van der Waals surface area contributed by atoms with Crippen molar-refractivity contribution in [2.75, 3.05) is 27.2 Å². The Balaban J connectivity index is 0.000000465. The maximum absolute atomic E-state index is 12.4. The van der Waals surface area contributed by atoms with Gasteiger partial charge in [-0.3, -0.25) is 14.4 Å². The molecule has 0 spiro atoms. The zero-order chi connectivity index (χ0) is 20.4. The Bertz CT molecular complexity index is 872. The zero-order valence-electron chi connectivity index (χ0n) is 14.3. The molecule has 0 saturated heterocycles. The summed E-state index contributed by atoms with van der Waals surface area (Å²) in [5.74, 6) is -0.573. The van der Waals surface area contributed by atoms with E-state index in [0.717, 1.165) is 17.9 Å². The molecule has 0 aromatic carbocycles. The molecule has 0 unspecified atom stereocenters. The highest BCUT2D eigenvalue weighted by molar-refractivity contribution is 7.45. The summed E-state index contributed by atoms with van der Waals surface area (Å²) in [4.78, 5) is 61.7. The molecule has 12 heteroatoms. The SMILES string of the molecule is CN(C)CCNC(=O)c1cc2c(s1)C(=O)c1sccc1C2=O.O=P(O)(O)O. The van der Waals surface area contributed by atoms with E-state index in [1.807, 2.05) is 19.0 Å². The average molecular weight is 432 g/mol. The average Bonchev–Trinajstić information content (AvgIpc) is 3.18. The van der Waals surface area contributed by atoms with Crippen molar-refractivity contribution in [1.29, 1.82) is 0 Å². The minimum atomic E-state index is -4.64. The van der Waals surface area contributed by atoms with E-state index in [0.29, 0.717) is 32.3 Å². The first-order valence-corrected chi connectivity index (χ1v) is 10.8. The Kier molecular flexibility index (Phi) is 6.82. The fourth-order valence-corrected chi connectivity index (χ4v) is 4.15. The topological polar surface area (TPSA) is 144 Å². The van der Waals surface area contributed by atoms with Gasteiger partial charge >= 0.3 is 7.82 Å².